The van der Waals surface area contributed by atoms with Gasteiger partial charge < -0.3 is 18.9 Å². The van der Waals surface area contributed by atoms with Crippen LogP contribution in [0.25, 0.3) is 0 Å². The number of phosphoric acid groups is 1. The number of ether oxygens (including phenoxy) is 2. The van der Waals surface area contributed by atoms with Crippen LogP contribution in [0.2, 0.25) is 0 Å². The second-order valence-electron chi connectivity index (χ2n) is 11.1. The van der Waals surface area contributed by atoms with Gasteiger partial charge in [-0.2, -0.15) is 0 Å². The van der Waals surface area contributed by atoms with Crippen molar-refractivity contribution in [2.75, 3.05) is 54.1 Å². The van der Waals surface area contributed by atoms with Crippen LogP contribution >= 0.6 is 7.82 Å². The third-order valence-electron chi connectivity index (χ3n) is 6.08. The predicted octanol–water partition coefficient (Wildman–Crippen LogP) is 7.20. The molecule has 38 heavy (non-hydrogen) atoms. The molecule has 0 fully saturated rings. The van der Waals surface area contributed by atoms with Crippen LogP contribution in [0.3, 0.4) is 0 Å². The Bertz CT molecular complexity index is 637. The van der Waals surface area contributed by atoms with E-state index in [0.29, 0.717) is 24.1 Å². The average Bonchev–Trinajstić information content (AvgIpc) is 2.84. The van der Waals surface area contributed by atoms with Crippen LogP contribution in [0.1, 0.15) is 110 Å². The lowest BCUT2D eigenvalue weighted by molar-refractivity contribution is -0.870. The predicted molar refractivity (Wildman–Crippen MR) is 155 cm³/mol. The third-order valence-corrected chi connectivity index (χ3v) is 7.06. The molecule has 0 aliphatic rings. The van der Waals surface area contributed by atoms with E-state index in [1.807, 2.05) is 21.1 Å². The van der Waals surface area contributed by atoms with Crippen LogP contribution in [0.4, 0.5) is 0 Å². The highest BCUT2D eigenvalue weighted by Crippen LogP contribution is 2.43. The van der Waals surface area contributed by atoms with Gasteiger partial charge in [0.1, 0.15) is 19.3 Å². The zero-order valence-corrected chi connectivity index (χ0v) is 26.1. The number of hydrogen-bond acceptors (Lipinski definition) is 6. The first-order valence-electron chi connectivity index (χ1n) is 14.9. The molecule has 0 bridgehead atoms. The van der Waals surface area contributed by atoms with Gasteiger partial charge in [-0.05, 0) is 38.5 Å². The Morgan fingerprint density at radius 1 is 0.789 bits per heavy atom. The fraction of sp³-hybridized carbons (Fsp3) is 0.897. The van der Waals surface area contributed by atoms with Crippen molar-refractivity contribution in [1.29, 1.82) is 0 Å². The molecule has 9 heteroatoms. The van der Waals surface area contributed by atoms with E-state index in [9.17, 15) is 14.3 Å². The van der Waals surface area contributed by atoms with Crippen molar-refractivity contribution in [3.8, 4) is 0 Å². The number of quaternary nitrogens is 1. The van der Waals surface area contributed by atoms with Gasteiger partial charge in [-0.15, -0.1) is 0 Å². The van der Waals surface area contributed by atoms with Gasteiger partial charge >= 0.3 is 13.8 Å². The number of phosphoric ester groups is 1. The topological polar surface area (TPSA) is 91.3 Å². The zero-order valence-electron chi connectivity index (χ0n) is 25.2. The molecule has 0 aliphatic heterocycles. The number of likely N-dealkylation sites (N-methyl/N-ethyl adjacent to an activating group) is 1. The van der Waals surface area contributed by atoms with Crippen molar-refractivity contribution in [3.63, 3.8) is 0 Å². The summed E-state index contributed by atoms with van der Waals surface area (Å²) in [5, 5.41) is 0. The maximum absolute atomic E-state index is 12.2. The molecule has 0 aromatic rings. The van der Waals surface area contributed by atoms with E-state index in [0.717, 1.165) is 32.1 Å². The van der Waals surface area contributed by atoms with Crippen molar-refractivity contribution < 1.29 is 37.3 Å². The fourth-order valence-electron chi connectivity index (χ4n) is 3.66. The van der Waals surface area contributed by atoms with E-state index in [4.69, 9.17) is 18.5 Å². The van der Waals surface area contributed by atoms with Crippen molar-refractivity contribution in [2.45, 2.75) is 116 Å². The summed E-state index contributed by atoms with van der Waals surface area (Å²) in [6.45, 7) is 5.39. The molecule has 226 valence electrons. The van der Waals surface area contributed by atoms with Crippen molar-refractivity contribution in [1.82, 2.24) is 0 Å². The SMILES string of the molecule is CCCCC/C=C\CCCCCCCCOCC(COP(=O)(O)OCC[N+](C)(C)C)OC(=O)CCCCC. The van der Waals surface area contributed by atoms with E-state index < -0.39 is 13.9 Å². The Balaban J connectivity index is 4.19. The van der Waals surface area contributed by atoms with E-state index in [1.165, 1.54) is 57.8 Å². The number of esters is 1. The van der Waals surface area contributed by atoms with Crippen LogP contribution in [0.5, 0.6) is 0 Å². The van der Waals surface area contributed by atoms with Crippen molar-refractivity contribution in [2.24, 2.45) is 0 Å². The van der Waals surface area contributed by atoms with Crippen molar-refractivity contribution in [3.05, 3.63) is 12.2 Å². The molecule has 0 aromatic heterocycles. The largest absolute Gasteiger partial charge is 0.472 e. The number of allylic oxidation sites excluding steroid dienone is 2. The van der Waals surface area contributed by atoms with Gasteiger partial charge in [-0.3, -0.25) is 13.8 Å². The van der Waals surface area contributed by atoms with E-state index in [-0.39, 0.29) is 25.8 Å². The molecule has 1 N–H and O–H groups in total. The van der Waals surface area contributed by atoms with E-state index in [2.05, 4.69) is 26.0 Å². The molecule has 2 unspecified atom stereocenters. The maximum atomic E-state index is 12.2. The normalized spacial score (nSPS) is 14.6. The molecule has 0 spiro atoms. The lowest BCUT2D eigenvalue weighted by Crippen LogP contribution is -2.37. The van der Waals surface area contributed by atoms with E-state index >= 15 is 0 Å². The summed E-state index contributed by atoms with van der Waals surface area (Å²) < 4.78 is 34.2. The average molecular weight is 565 g/mol. The Morgan fingerprint density at radius 3 is 2.00 bits per heavy atom. The minimum absolute atomic E-state index is 0.0883. The first-order chi connectivity index (χ1) is 18.1. The standard InChI is InChI=1S/C29H58NO7P/c1-6-8-10-11-12-13-14-15-16-17-18-19-21-24-34-26-28(37-29(31)22-20-9-7-2)27-36-38(32,33)35-25-23-30(3,4)5/h12-13,28H,6-11,14-27H2,1-5H3/p+1/b13-12-. The Labute approximate surface area is 233 Å². The molecule has 0 radical (unpaired) electrons. The number of hydrogen-bond donors (Lipinski definition) is 1. The molecule has 0 amide bonds. The Morgan fingerprint density at radius 2 is 1.37 bits per heavy atom. The molecule has 0 rings (SSSR count). The molecule has 2 atom stereocenters. The first kappa shape index (κ1) is 37.2. The lowest BCUT2D eigenvalue weighted by Gasteiger charge is -2.24. The molecular weight excluding hydrogens is 505 g/mol. The molecule has 0 saturated heterocycles. The summed E-state index contributed by atoms with van der Waals surface area (Å²) >= 11 is 0. The maximum Gasteiger partial charge on any atom is 0.472 e. The molecule has 8 nitrogen and oxygen atoms in total. The Kier molecular flexibility index (Phi) is 23.6. The van der Waals surface area contributed by atoms with Crippen LogP contribution in [0, 0.1) is 0 Å². The summed E-state index contributed by atoms with van der Waals surface area (Å²) in [6.07, 6.45) is 20.2. The van der Waals surface area contributed by atoms with Gasteiger partial charge in [0.05, 0.1) is 34.4 Å². The highest BCUT2D eigenvalue weighted by molar-refractivity contribution is 7.47. The van der Waals surface area contributed by atoms with Crippen LogP contribution in [0.15, 0.2) is 12.2 Å². The molecule has 0 aliphatic carbocycles. The van der Waals surface area contributed by atoms with Crippen molar-refractivity contribution >= 4 is 13.8 Å². The zero-order chi connectivity index (χ0) is 28.5. The van der Waals surface area contributed by atoms with Crippen LogP contribution in [-0.4, -0.2) is 75.6 Å². The van der Waals surface area contributed by atoms with Gasteiger partial charge in [0.2, 0.25) is 0 Å². The highest BCUT2D eigenvalue weighted by atomic mass is 31.2. The first-order valence-corrected chi connectivity index (χ1v) is 16.4. The lowest BCUT2D eigenvalue weighted by atomic mass is 10.1. The number of carbonyl (C=O) groups excluding carboxylic acids is 1. The van der Waals surface area contributed by atoms with Crippen LogP contribution in [-0.2, 0) is 27.9 Å². The number of rotatable bonds is 27. The van der Waals surface area contributed by atoms with Gasteiger partial charge in [0, 0.05) is 13.0 Å². The Hall–Kier alpha value is -0.760. The molecular formula is C29H59NO7P+. The summed E-state index contributed by atoms with van der Waals surface area (Å²) in [7, 11) is 1.66. The molecule has 0 heterocycles. The van der Waals surface area contributed by atoms with Gasteiger partial charge in [0.25, 0.3) is 0 Å². The van der Waals surface area contributed by atoms with Gasteiger partial charge in [-0.1, -0.05) is 77.4 Å². The second-order valence-corrected chi connectivity index (χ2v) is 12.6. The van der Waals surface area contributed by atoms with Crippen LogP contribution < -0.4 is 0 Å². The fourth-order valence-corrected chi connectivity index (χ4v) is 4.40. The third kappa shape index (κ3) is 26.8. The highest BCUT2D eigenvalue weighted by Gasteiger charge is 2.26. The number of unbranched alkanes of at least 4 members (excludes halogenated alkanes) is 11. The molecule has 0 aromatic carbocycles. The van der Waals surface area contributed by atoms with Gasteiger partial charge in [-0.25, -0.2) is 4.57 Å². The smallest absolute Gasteiger partial charge is 0.457 e. The molecule has 0 saturated carbocycles. The van der Waals surface area contributed by atoms with E-state index in [1.54, 1.807) is 0 Å². The summed E-state index contributed by atoms with van der Waals surface area (Å²) in [4.78, 5) is 22.2. The summed E-state index contributed by atoms with van der Waals surface area (Å²) in [5.41, 5.74) is 0. The number of nitrogens with zero attached hydrogens (tertiary/aromatic N) is 1. The monoisotopic (exact) mass is 564 g/mol. The van der Waals surface area contributed by atoms with Gasteiger partial charge in [0.15, 0.2) is 0 Å². The second kappa shape index (κ2) is 24.1. The quantitative estimate of drug-likeness (QED) is 0.0371. The minimum Gasteiger partial charge on any atom is -0.457 e. The number of carbonyl (C=O) groups is 1. The minimum atomic E-state index is -4.24. The summed E-state index contributed by atoms with van der Waals surface area (Å²) in [5.74, 6) is -0.342. The summed E-state index contributed by atoms with van der Waals surface area (Å²) in [6, 6.07) is 0.